The van der Waals surface area contributed by atoms with Gasteiger partial charge in [-0.15, -0.1) is 10.2 Å². The first kappa shape index (κ1) is 15.2. The standard InChI is InChI=1S/C16H16ClN3OS/c1-11(2)20-15(14-7-4-8-21-14)18-19-16(20)22-10-12-5-3-6-13(17)9-12/h3-9,11H,10H2,1-2H3. The largest absolute Gasteiger partial charge is 0.461 e. The van der Waals surface area contributed by atoms with Gasteiger partial charge in [-0.3, -0.25) is 4.57 Å². The smallest absolute Gasteiger partial charge is 0.200 e. The Morgan fingerprint density at radius 2 is 2.09 bits per heavy atom. The minimum absolute atomic E-state index is 0.247. The fourth-order valence-corrected chi connectivity index (χ4v) is 3.41. The fourth-order valence-electron chi connectivity index (χ4n) is 2.19. The van der Waals surface area contributed by atoms with E-state index in [4.69, 9.17) is 16.0 Å². The van der Waals surface area contributed by atoms with Crippen molar-refractivity contribution < 1.29 is 4.42 Å². The van der Waals surface area contributed by atoms with Crippen LogP contribution >= 0.6 is 23.4 Å². The first-order chi connectivity index (χ1) is 10.6. The molecule has 0 amide bonds. The van der Waals surface area contributed by atoms with Gasteiger partial charge in [0.15, 0.2) is 10.9 Å². The van der Waals surface area contributed by atoms with Crippen molar-refractivity contribution in [2.24, 2.45) is 0 Å². The van der Waals surface area contributed by atoms with Crippen LogP contribution in [0.15, 0.2) is 52.2 Å². The summed E-state index contributed by atoms with van der Waals surface area (Å²) < 4.78 is 7.54. The SMILES string of the molecule is CC(C)n1c(SCc2cccc(Cl)c2)nnc1-c1ccco1. The van der Waals surface area contributed by atoms with Crippen LogP contribution in [-0.2, 0) is 5.75 Å². The summed E-state index contributed by atoms with van der Waals surface area (Å²) in [7, 11) is 0. The molecule has 0 spiro atoms. The predicted octanol–water partition coefficient (Wildman–Crippen LogP) is 5.06. The van der Waals surface area contributed by atoms with Crippen LogP contribution in [0, 0.1) is 0 Å². The maximum absolute atomic E-state index is 6.03. The van der Waals surface area contributed by atoms with Gasteiger partial charge >= 0.3 is 0 Å². The van der Waals surface area contributed by atoms with Crippen molar-refractivity contribution in [1.82, 2.24) is 14.8 Å². The molecule has 0 N–H and O–H groups in total. The molecule has 0 aliphatic carbocycles. The molecule has 0 bridgehead atoms. The summed E-state index contributed by atoms with van der Waals surface area (Å²) >= 11 is 7.67. The summed E-state index contributed by atoms with van der Waals surface area (Å²) in [6.45, 7) is 4.22. The third kappa shape index (κ3) is 3.20. The van der Waals surface area contributed by atoms with E-state index in [2.05, 4.69) is 34.7 Å². The number of furan rings is 1. The predicted molar refractivity (Wildman–Crippen MR) is 89.1 cm³/mol. The lowest BCUT2D eigenvalue weighted by atomic mass is 10.2. The topological polar surface area (TPSA) is 43.9 Å². The Hall–Kier alpha value is -1.72. The molecule has 6 heteroatoms. The van der Waals surface area contributed by atoms with Crippen molar-refractivity contribution in [2.45, 2.75) is 30.8 Å². The van der Waals surface area contributed by atoms with Gasteiger partial charge < -0.3 is 4.42 Å². The summed E-state index contributed by atoms with van der Waals surface area (Å²) in [4.78, 5) is 0. The molecule has 114 valence electrons. The Balaban J connectivity index is 1.85. The maximum atomic E-state index is 6.03. The van der Waals surface area contributed by atoms with Crippen LogP contribution in [0.5, 0.6) is 0 Å². The third-order valence-electron chi connectivity index (χ3n) is 3.18. The number of hydrogen-bond donors (Lipinski definition) is 0. The highest BCUT2D eigenvalue weighted by molar-refractivity contribution is 7.98. The quantitative estimate of drug-likeness (QED) is 0.612. The second-order valence-corrected chi connectivity index (χ2v) is 6.54. The van der Waals surface area contributed by atoms with Crippen LogP contribution in [-0.4, -0.2) is 14.8 Å². The third-order valence-corrected chi connectivity index (χ3v) is 4.43. The molecule has 4 nitrogen and oxygen atoms in total. The molecule has 2 aromatic heterocycles. The number of hydrogen-bond acceptors (Lipinski definition) is 4. The van der Waals surface area contributed by atoms with E-state index in [1.807, 2.05) is 30.3 Å². The Morgan fingerprint density at radius 1 is 1.23 bits per heavy atom. The van der Waals surface area contributed by atoms with Crippen LogP contribution < -0.4 is 0 Å². The number of halogens is 1. The molecular weight excluding hydrogens is 318 g/mol. The molecule has 0 atom stereocenters. The van der Waals surface area contributed by atoms with Crippen LogP contribution in [0.2, 0.25) is 5.02 Å². The van der Waals surface area contributed by atoms with E-state index >= 15 is 0 Å². The Labute approximate surface area is 138 Å². The average Bonchev–Trinajstić information content (AvgIpc) is 3.14. The first-order valence-electron chi connectivity index (χ1n) is 7.01. The molecule has 0 unspecified atom stereocenters. The molecule has 22 heavy (non-hydrogen) atoms. The van der Waals surface area contributed by atoms with E-state index in [0.29, 0.717) is 0 Å². The van der Waals surface area contributed by atoms with Crippen LogP contribution in [0.4, 0.5) is 0 Å². The van der Waals surface area contributed by atoms with Crippen molar-refractivity contribution >= 4 is 23.4 Å². The second kappa shape index (κ2) is 6.58. The summed E-state index contributed by atoms with van der Waals surface area (Å²) in [6, 6.07) is 11.9. The molecule has 0 aliphatic heterocycles. The van der Waals surface area contributed by atoms with Gasteiger partial charge in [-0.2, -0.15) is 0 Å². The van der Waals surface area contributed by atoms with Gasteiger partial charge in [-0.1, -0.05) is 35.5 Å². The van der Waals surface area contributed by atoms with Crippen molar-refractivity contribution in [3.05, 3.63) is 53.2 Å². The van der Waals surface area contributed by atoms with Crippen LogP contribution in [0.3, 0.4) is 0 Å². The number of thioether (sulfide) groups is 1. The lowest BCUT2D eigenvalue weighted by Gasteiger charge is -2.12. The summed E-state index contributed by atoms with van der Waals surface area (Å²) in [5.41, 5.74) is 1.16. The van der Waals surface area contributed by atoms with Gasteiger partial charge in [0.05, 0.1) is 6.26 Å². The summed E-state index contributed by atoms with van der Waals surface area (Å²) in [6.07, 6.45) is 1.65. The van der Waals surface area contributed by atoms with E-state index in [-0.39, 0.29) is 6.04 Å². The Morgan fingerprint density at radius 3 is 2.77 bits per heavy atom. The number of aromatic nitrogens is 3. The average molecular weight is 334 g/mol. The van der Waals surface area contributed by atoms with Gasteiger partial charge in [-0.05, 0) is 43.7 Å². The van der Waals surface area contributed by atoms with E-state index < -0.39 is 0 Å². The van der Waals surface area contributed by atoms with E-state index in [9.17, 15) is 0 Å². The van der Waals surface area contributed by atoms with E-state index in [1.54, 1.807) is 18.0 Å². The molecule has 3 aromatic rings. The maximum Gasteiger partial charge on any atom is 0.200 e. The number of nitrogens with zero attached hydrogens (tertiary/aromatic N) is 3. The molecular formula is C16H16ClN3OS. The van der Waals surface area contributed by atoms with Gasteiger partial charge in [0.25, 0.3) is 0 Å². The molecule has 1 aromatic carbocycles. The molecule has 0 aliphatic rings. The second-order valence-electron chi connectivity index (χ2n) is 5.17. The highest BCUT2D eigenvalue weighted by atomic mass is 35.5. The zero-order chi connectivity index (χ0) is 15.5. The van der Waals surface area contributed by atoms with Gasteiger partial charge in [0, 0.05) is 16.8 Å². The Bertz CT molecular complexity index is 753. The summed E-state index contributed by atoms with van der Waals surface area (Å²) in [5, 5.41) is 10.2. The normalized spacial score (nSPS) is 11.3. The lowest BCUT2D eigenvalue weighted by Crippen LogP contribution is -2.04. The monoisotopic (exact) mass is 333 g/mol. The van der Waals surface area contributed by atoms with Crippen LogP contribution in [0.25, 0.3) is 11.6 Å². The zero-order valence-corrected chi connectivity index (χ0v) is 13.9. The van der Waals surface area contributed by atoms with Crippen LogP contribution in [0.1, 0.15) is 25.5 Å². The summed E-state index contributed by atoms with van der Waals surface area (Å²) in [5.74, 6) is 2.29. The van der Waals surface area contributed by atoms with Gasteiger partial charge in [-0.25, -0.2) is 0 Å². The zero-order valence-electron chi connectivity index (χ0n) is 12.4. The highest BCUT2D eigenvalue weighted by Crippen LogP contribution is 2.30. The lowest BCUT2D eigenvalue weighted by molar-refractivity contribution is 0.529. The van der Waals surface area contributed by atoms with Gasteiger partial charge in [0.2, 0.25) is 5.82 Å². The fraction of sp³-hybridized carbons (Fsp3) is 0.250. The molecule has 0 radical (unpaired) electrons. The van der Waals surface area contributed by atoms with Crippen molar-refractivity contribution in [2.75, 3.05) is 0 Å². The highest BCUT2D eigenvalue weighted by Gasteiger charge is 2.18. The van der Waals surface area contributed by atoms with E-state index in [0.717, 1.165) is 33.1 Å². The molecule has 2 heterocycles. The van der Waals surface area contributed by atoms with E-state index in [1.165, 1.54) is 0 Å². The van der Waals surface area contributed by atoms with Crippen molar-refractivity contribution in [1.29, 1.82) is 0 Å². The van der Waals surface area contributed by atoms with Crippen molar-refractivity contribution in [3.63, 3.8) is 0 Å². The first-order valence-corrected chi connectivity index (χ1v) is 8.37. The minimum atomic E-state index is 0.247. The Kier molecular flexibility index (Phi) is 4.55. The molecule has 0 saturated carbocycles. The van der Waals surface area contributed by atoms with Gasteiger partial charge in [0.1, 0.15) is 0 Å². The molecule has 3 rings (SSSR count). The van der Waals surface area contributed by atoms with Crippen molar-refractivity contribution in [3.8, 4) is 11.6 Å². The minimum Gasteiger partial charge on any atom is -0.461 e. The molecule has 0 saturated heterocycles. The molecule has 0 fully saturated rings. The number of rotatable bonds is 5. The number of benzene rings is 1.